The number of ether oxygens (including phenoxy) is 1. The molecule has 0 unspecified atom stereocenters. The van der Waals surface area contributed by atoms with E-state index in [1.807, 2.05) is 18.2 Å². The maximum atomic E-state index is 12.0. The fraction of sp³-hybridized carbons (Fsp3) is 0.0385. The van der Waals surface area contributed by atoms with Gasteiger partial charge in [-0.15, -0.1) is 0 Å². The molecular weight excluding hydrogens is 360 g/mol. The van der Waals surface area contributed by atoms with Crippen molar-refractivity contribution in [2.45, 2.75) is 0 Å². The van der Waals surface area contributed by atoms with Crippen LogP contribution in [0.2, 0.25) is 0 Å². The van der Waals surface area contributed by atoms with Crippen LogP contribution >= 0.6 is 0 Å². The molecule has 0 amide bonds. The molecule has 1 heterocycles. The summed E-state index contributed by atoms with van der Waals surface area (Å²) in [5.41, 5.74) is 2.05. The van der Waals surface area contributed by atoms with Crippen molar-refractivity contribution in [1.82, 2.24) is 0 Å². The van der Waals surface area contributed by atoms with Gasteiger partial charge < -0.3 is 9.15 Å². The second-order valence-corrected chi connectivity index (χ2v) is 6.95. The summed E-state index contributed by atoms with van der Waals surface area (Å²) in [6.07, 6.45) is 4.02. The Kier molecular flexibility index (Phi) is 4.14. The third kappa shape index (κ3) is 3.07. The molecule has 140 valence electrons. The Bertz CT molecular complexity index is 1460. The molecule has 4 aromatic carbocycles. The summed E-state index contributed by atoms with van der Waals surface area (Å²) >= 11 is 0. The first-order chi connectivity index (χ1) is 14.2. The van der Waals surface area contributed by atoms with Crippen LogP contribution in [0.5, 0.6) is 5.75 Å². The number of benzene rings is 4. The van der Waals surface area contributed by atoms with Crippen LogP contribution in [0.3, 0.4) is 0 Å². The standard InChI is InChI=1S/C26H18O3/c1-28-20-12-14-23-19(15-26(27)29-25(23)16-20)10-9-18-6-4-8-24-21-7-3-2-5-17(21)11-13-22(18)24/h2-16H,1H3. The van der Waals surface area contributed by atoms with Gasteiger partial charge in [0.15, 0.2) is 0 Å². The second kappa shape index (κ2) is 6.95. The molecule has 5 rings (SSSR count). The van der Waals surface area contributed by atoms with E-state index in [0.29, 0.717) is 11.3 Å². The fourth-order valence-electron chi connectivity index (χ4n) is 3.82. The van der Waals surface area contributed by atoms with Gasteiger partial charge in [0.2, 0.25) is 0 Å². The molecule has 5 aromatic rings. The van der Waals surface area contributed by atoms with E-state index in [4.69, 9.17) is 9.15 Å². The van der Waals surface area contributed by atoms with Gasteiger partial charge in [0.1, 0.15) is 11.3 Å². The molecule has 0 aliphatic carbocycles. The van der Waals surface area contributed by atoms with E-state index in [9.17, 15) is 4.79 Å². The van der Waals surface area contributed by atoms with Gasteiger partial charge >= 0.3 is 5.63 Å². The molecule has 3 nitrogen and oxygen atoms in total. The topological polar surface area (TPSA) is 39.4 Å². The molecule has 3 heteroatoms. The summed E-state index contributed by atoms with van der Waals surface area (Å²) in [6.45, 7) is 0. The van der Waals surface area contributed by atoms with Crippen LogP contribution in [0.4, 0.5) is 0 Å². The molecule has 0 aliphatic rings. The van der Waals surface area contributed by atoms with Crippen LogP contribution < -0.4 is 10.4 Å². The molecule has 0 fully saturated rings. The number of rotatable bonds is 3. The molecule has 0 atom stereocenters. The smallest absolute Gasteiger partial charge is 0.336 e. The molecule has 0 radical (unpaired) electrons. The van der Waals surface area contributed by atoms with Crippen LogP contribution in [0.25, 0.3) is 44.7 Å². The monoisotopic (exact) mass is 378 g/mol. The minimum Gasteiger partial charge on any atom is -0.497 e. The summed E-state index contributed by atoms with van der Waals surface area (Å²) in [7, 11) is 1.59. The lowest BCUT2D eigenvalue weighted by atomic mass is 9.98. The Labute approximate surface area is 167 Å². The maximum Gasteiger partial charge on any atom is 0.336 e. The van der Waals surface area contributed by atoms with Crippen LogP contribution in [-0.2, 0) is 0 Å². The number of hydrogen-bond acceptors (Lipinski definition) is 3. The number of fused-ring (bicyclic) bond motifs is 4. The lowest BCUT2D eigenvalue weighted by molar-refractivity contribution is 0.414. The van der Waals surface area contributed by atoms with E-state index in [1.165, 1.54) is 27.6 Å². The molecule has 0 saturated heterocycles. The van der Waals surface area contributed by atoms with E-state index in [2.05, 4.69) is 60.7 Å². The highest BCUT2D eigenvalue weighted by molar-refractivity contribution is 6.10. The van der Waals surface area contributed by atoms with Crippen LogP contribution in [-0.4, -0.2) is 7.11 Å². The molecule has 0 aliphatic heterocycles. The second-order valence-electron chi connectivity index (χ2n) is 6.95. The highest BCUT2D eigenvalue weighted by Gasteiger charge is 2.06. The van der Waals surface area contributed by atoms with Crippen molar-refractivity contribution in [3.8, 4) is 5.75 Å². The van der Waals surface area contributed by atoms with Crippen molar-refractivity contribution in [3.63, 3.8) is 0 Å². The minimum atomic E-state index is -0.380. The zero-order valence-corrected chi connectivity index (χ0v) is 15.9. The highest BCUT2D eigenvalue weighted by Crippen LogP contribution is 2.29. The van der Waals surface area contributed by atoms with E-state index >= 15 is 0 Å². The zero-order valence-electron chi connectivity index (χ0n) is 15.9. The van der Waals surface area contributed by atoms with Gasteiger partial charge in [0.25, 0.3) is 0 Å². The van der Waals surface area contributed by atoms with Crippen molar-refractivity contribution in [1.29, 1.82) is 0 Å². The Hall–Kier alpha value is -3.85. The van der Waals surface area contributed by atoms with Crippen molar-refractivity contribution < 1.29 is 9.15 Å². The first-order valence-corrected chi connectivity index (χ1v) is 9.43. The van der Waals surface area contributed by atoms with Gasteiger partial charge in [-0.25, -0.2) is 4.79 Å². The maximum absolute atomic E-state index is 12.0. The first kappa shape index (κ1) is 17.3. The van der Waals surface area contributed by atoms with Crippen LogP contribution in [0, 0.1) is 0 Å². The fourth-order valence-corrected chi connectivity index (χ4v) is 3.82. The summed E-state index contributed by atoms with van der Waals surface area (Å²) in [6, 6.07) is 26.0. The van der Waals surface area contributed by atoms with Gasteiger partial charge in [-0.1, -0.05) is 66.7 Å². The Balaban J connectivity index is 1.66. The van der Waals surface area contributed by atoms with Crippen molar-refractivity contribution in [3.05, 3.63) is 100 Å². The summed E-state index contributed by atoms with van der Waals surface area (Å²) in [4.78, 5) is 12.0. The van der Waals surface area contributed by atoms with Gasteiger partial charge in [-0.2, -0.15) is 0 Å². The van der Waals surface area contributed by atoms with Crippen LogP contribution in [0.15, 0.2) is 88.1 Å². The highest BCUT2D eigenvalue weighted by atomic mass is 16.5. The van der Waals surface area contributed by atoms with Gasteiger partial charge in [-0.05, 0) is 44.8 Å². The Morgan fingerprint density at radius 2 is 1.52 bits per heavy atom. The number of hydrogen-bond donors (Lipinski definition) is 0. The van der Waals surface area contributed by atoms with E-state index in [-0.39, 0.29) is 5.63 Å². The van der Waals surface area contributed by atoms with Gasteiger partial charge in [0, 0.05) is 17.5 Å². The molecule has 29 heavy (non-hydrogen) atoms. The third-order valence-corrected chi connectivity index (χ3v) is 5.25. The van der Waals surface area contributed by atoms with Crippen molar-refractivity contribution in [2.75, 3.05) is 7.11 Å². The van der Waals surface area contributed by atoms with E-state index < -0.39 is 0 Å². The van der Waals surface area contributed by atoms with E-state index in [1.54, 1.807) is 13.2 Å². The predicted octanol–water partition coefficient (Wildman–Crippen LogP) is 6.28. The molecule has 0 saturated carbocycles. The Morgan fingerprint density at radius 1 is 0.724 bits per heavy atom. The SMILES string of the molecule is COc1ccc2c(C=Cc3cccc4c3ccc3ccccc34)cc(=O)oc2c1. The lowest BCUT2D eigenvalue weighted by Gasteiger charge is -2.07. The molecule has 1 aromatic heterocycles. The largest absolute Gasteiger partial charge is 0.497 e. The van der Waals surface area contributed by atoms with Gasteiger partial charge in [0.05, 0.1) is 7.11 Å². The molecule has 0 spiro atoms. The van der Waals surface area contributed by atoms with E-state index in [0.717, 1.165) is 16.5 Å². The summed E-state index contributed by atoms with van der Waals surface area (Å²) in [5, 5.41) is 5.72. The van der Waals surface area contributed by atoms with Gasteiger partial charge in [-0.3, -0.25) is 0 Å². The zero-order chi connectivity index (χ0) is 19.8. The summed E-state index contributed by atoms with van der Waals surface area (Å²) < 4.78 is 10.6. The normalized spacial score (nSPS) is 11.6. The first-order valence-electron chi connectivity index (χ1n) is 9.43. The van der Waals surface area contributed by atoms with Crippen molar-refractivity contribution in [2.24, 2.45) is 0 Å². The number of methoxy groups -OCH3 is 1. The average Bonchev–Trinajstić information content (AvgIpc) is 2.76. The van der Waals surface area contributed by atoms with Crippen molar-refractivity contribution >= 4 is 44.7 Å². The molecular formula is C26H18O3. The Morgan fingerprint density at radius 3 is 2.41 bits per heavy atom. The molecule has 0 N–H and O–H groups in total. The quantitative estimate of drug-likeness (QED) is 0.274. The third-order valence-electron chi connectivity index (χ3n) is 5.25. The lowest BCUT2D eigenvalue weighted by Crippen LogP contribution is -1.98. The van der Waals surface area contributed by atoms with Crippen LogP contribution in [0.1, 0.15) is 11.1 Å². The predicted molar refractivity (Wildman–Crippen MR) is 119 cm³/mol. The average molecular weight is 378 g/mol. The molecule has 0 bridgehead atoms. The summed E-state index contributed by atoms with van der Waals surface area (Å²) in [5.74, 6) is 0.655. The minimum absolute atomic E-state index is 0.380.